The number of methoxy groups -OCH3 is 1. The largest absolute Gasteiger partial charge is 0.497 e. The molecule has 0 saturated heterocycles. The van der Waals surface area contributed by atoms with Gasteiger partial charge in [-0.25, -0.2) is 5.43 Å². The molecule has 1 amide bonds. The first-order chi connectivity index (χ1) is 16.0. The van der Waals surface area contributed by atoms with Crippen LogP contribution in [0.25, 0.3) is 17.1 Å². The van der Waals surface area contributed by atoms with Gasteiger partial charge in [-0.15, -0.1) is 10.2 Å². The molecule has 0 aliphatic carbocycles. The number of amides is 1. The molecule has 4 rings (SSSR count). The summed E-state index contributed by atoms with van der Waals surface area (Å²) in [4.78, 5) is 12.3. The molecule has 2 aromatic heterocycles. The zero-order valence-electron chi connectivity index (χ0n) is 17.9. The summed E-state index contributed by atoms with van der Waals surface area (Å²) in [5.74, 6) is 2.53. The van der Waals surface area contributed by atoms with Gasteiger partial charge in [0.1, 0.15) is 17.3 Å². The SMILES string of the molecule is COc1ccc(-c2nnc(SCC(=O)N/N=C\c3ccc(C)o3)n2-c2ccc(Cl)cc2)cc1. The highest BCUT2D eigenvalue weighted by Gasteiger charge is 2.17. The number of nitrogens with zero attached hydrogens (tertiary/aromatic N) is 4. The zero-order chi connectivity index (χ0) is 23.2. The van der Waals surface area contributed by atoms with E-state index in [9.17, 15) is 4.79 Å². The fraction of sp³-hybridized carbons (Fsp3) is 0.130. The van der Waals surface area contributed by atoms with Crippen LogP contribution in [-0.4, -0.2) is 39.7 Å². The molecule has 0 saturated carbocycles. The molecular formula is C23H20ClN5O3S. The quantitative estimate of drug-likeness (QED) is 0.222. The van der Waals surface area contributed by atoms with Gasteiger partial charge in [0.05, 0.1) is 19.1 Å². The molecule has 168 valence electrons. The summed E-state index contributed by atoms with van der Waals surface area (Å²) in [6, 6.07) is 18.4. The van der Waals surface area contributed by atoms with Gasteiger partial charge in [-0.05, 0) is 67.6 Å². The van der Waals surface area contributed by atoms with Gasteiger partial charge in [-0.3, -0.25) is 9.36 Å². The average Bonchev–Trinajstić information content (AvgIpc) is 3.44. The molecule has 0 radical (unpaired) electrons. The number of carbonyl (C=O) groups is 1. The number of hydrogen-bond acceptors (Lipinski definition) is 7. The number of nitrogens with one attached hydrogen (secondary N) is 1. The second-order valence-electron chi connectivity index (χ2n) is 6.88. The second kappa shape index (κ2) is 10.4. The van der Waals surface area contributed by atoms with E-state index in [2.05, 4.69) is 20.7 Å². The van der Waals surface area contributed by atoms with E-state index in [-0.39, 0.29) is 11.7 Å². The Kier molecular flexibility index (Phi) is 7.11. The first kappa shape index (κ1) is 22.6. The Bertz CT molecular complexity index is 1270. The molecule has 4 aromatic rings. The summed E-state index contributed by atoms with van der Waals surface area (Å²) in [5.41, 5.74) is 4.17. The molecule has 8 nitrogen and oxygen atoms in total. The normalized spacial score (nSPS) is 11.1. The van der Waals surface area contributed by atoms with Crippen molar-refractivity contribution in [3.05, 3.63) is 77.2 Å². The molecular weight excluding hydrogens is 462 g/mol. The first-order valence-corrected chi connectivity index (χ1v) is 11.3. The van der Waals surface area contributed by atoms with Crippen molar-refractivity contribution in [3.8, 4) is 22.8 Å². The van der Waals surface area contributed by atoms with E-state index in [1.807, 2.05) is 54.0 Å². The Balaban J connectivity index is 1.53. The molecule has 2 aromatic carbocycles. The van der Waals surface area contributed by atoms with Crippen molar-refractivity contribution in [3.63, 3.8) is 0 Å². The molecule has 10 heteroatoms. The fourth-order valence-electron chi connectivity index (χ4n) is 2.97. The maximum atomic E-state index is 12.3. The smallest absolute Gasteiger partial charge is 0.250 e. The van der Waals surface area contributed by atoms with Crippen molar-refractivity contribution in [2.75, 3.05) is 12.9 Å². The standard InChI is InChI=1S/C23H20ClN5O3S/c1-15-3-10-20(32-15)13-25-26-21(30)14-33-23-28-27-22(16-4-11-19(31-2)12-5-16)29(23)18-8-6-17(24)7-9-18/h3-13H,14H2,1-2H3,(H,26,30)/b25-13-. The lowest BCUT2D eigenvalue weighted by molar-refractivity contribution is -0.118. The van der Waals surface area contributed by atoms with E-state index >= 15 is 0 Å². The van der Waals surface area contributed by atoms with Crippen LogP contribution in [0.3, 0.4) is 0 Å². The summed E-state index contributed by atoms with van der Waals surface area (Å²) in [7, 11) is 1.62. The number of rotatable bonds is 8. The molecule has 0 spiro atoms. The number of aromatic nitrogens is 3. The summed E-state index contributed by atoms with van der Waals surface area (Å²) in [6.45, 7) is 1.84. The lowest BCUT2D eigenvalue weighted by Crippen LogP contribution is -2.19. The Morgan fingerprint density at radius 2 is 1.91 bits per heavy atom. The Morgan fingerprint density at radius 3 is 2.58 bits per heavy atom. The van der Waals surface area contributed by atoms with Gasteiger partial charge in [0, 0.05) is 16.3 Å². The molecule has 0 aliphatic rings. The minimum Gasteiger partial charge on any atom is -0.497 e. The fourth-order valence-corrected chi connectivity index (χ4v) is 3.84. The number of aryl methyl sites for hydroxylation is 1. The maximum Gasteiger partial charge on any atom is 0.250 e. The van der Waals surface area contributed by atoms with Crippen LogP contribution in [0, 0.1) is 6.92 Å². The highest BCUT2D eigenvalue weighted by atomic mass is 35.5. The van der Waals surface area contributed by atoms with E-state index < -0.39 is 0 Å². The summed E-state index contributed by atoms with van der Waals surface area (Å²) in [6.07, 6.45) is 1.45. The Morgan fingerprint density at radius 1 is 1.15 bits per heavy atom. The Hall–Kier alpha value is -3.56. The van der Waals surface area contributed by atoms with Crippen molar-refractivity contribution in [2.45, 2.75) is 12.1 Å². The van der Waals surface area contributed by atoms with Crippen molar-refractivity contribution in [1.29, 1.82) is 0 Å². The molecule has 0 fully saturated rings. The van der Waals surface area contributed by atoms with Gasteiger partial charge < -0.3 is 9.15 Å². The van der Waals surface area contributed by atoms with Crippen molar-refractivity contribution in [2.24, 2.45) is 5.10 Å². The second-order valence-corrected chi connectivity index (χ2v) is 8.26. The zero-order valence-corrected chi connectivity index (χ0v) is 19.4. The lowest BCUT2D eigenvalue weighted by Gasteiger charge is -2.11. The Labute approximate surface area is 199 Å². The van der Waals surface area contributed by atoms with Gasteiger partial charge in [-0.2, -0.15) is 5.10 Å². The number of ether oxygens (including phenoxy) is 1. The monoisotopic (exact) mass is 481 g/mol. The number of halogens is 1. The van der Waals surface area contributed by atoms with Crippen LogP contribution in [0.15, 0.2) is 75.3 Å². The molecule has 0 atom stereocenters. The highest BCUT2D eigenvalue weighted by Crippen LogP contribution is 2.29. The average molecular weight is 482 g/mol. The van der Waals surface area contributed by atoms with Gasteiger partial charge >= 0.3 is 0 Å². The van der Waals surface area contributed by atoms with Crippen LogP contribution >= 0.6 is 23.4 Å². The number of hydrogen-bond donors (Lipinski definition) is 1. The maximum absolute atomic E-state index is 12.3. The molecule has 0 bridgehead atoms. The first-order valence-electron chi connectivity index (χ1n) is 9.90. The third-order valence-electron chi connectivity index (χ3n) is 4.54. The van der Waals surface area contributed by atoms with E-state index in [4.69, 9.17) is 20.8 Å². The lowest BCUT2D eigenvalue weighted by atomic mass is 10.2. The number of hydrazone groups is 1. The number of furan rings is 1. The van der Waals surface area contributed by atoms with Crippen LogP contribution in [0.2, 0.25) is 5.02 Å². The summed E-state index contributed by atoms with van der Waals surface area (Å²) >= 11 is 7.32. The number of thioether (sulfide) groups is 1. The van der Waals surface area contributed by atoms with Crippen LogP contribution in [0.4, 0.5) is 0 Å². The van der Waals surface area contributed by atoms with Crippen molar-refractivity contribution >= 4 is 35.5 Å². The minimum absolute atomic E-state index is 0.100. The van der Waals surface area contributed by atoms with E-state index in [1.54, 1.807) is 25.3 Å². The van der Waals surface area contributed by atoms with E-state index in [0.717, 1.165) is 22.8 Å². The van der Waals surface area contributed by atoms with Gasteiger partial charge in [-0.1, -0.05) is 23.4 Å². The molecule has 1 N–H and O–H groups in total. The minimum atomic E-state index is -0.281. The van der Waals surface area contributed by atoms with Crippen molar-refractivity contribution in [1.82, 2.24) is 20.2 Å². The molecule has 2 heterocycles. The third kappa shape index (κ3) is 5.63. The highest BCUT2D eigenvalue weighted by molar-refractivity contribution is 7.99. The number of benzene rings is 2. The molecule has 0 aliphatic heterocycles. The van der Waals surface area contributed by atoms with Crippen LogP contribution in [0.1, 0.15) is 11.5 Å². The molecule has 33 heavy (non-hydrogen) atoms. The van der Waals surface area contributed by atoms with E-state index in [0.29, 0.717) is 21.8 Å². The van der Waals surface area contributed by atoms with E-state index in [1.165, 1.54) is 18.0 Å². The van der Waals surface area contributed by atoms with Gasteiger partial charge in [0.25, 0.3) is 5.91 Å². The predicted octanol–water partition coefficient (Wildman–Crippen LogP) is 4.74. The van der Waals surface area contributed by atoms with Crippen LogP contribution in [0.5, 0.6) is 5.75 Å². The summed E-state index contributed by atoms with van der Waals surface area (Å²) in [5, 5.41) is 13.8. The van der Waals surface area contributed by atoms with Crippen LogP contribution in [-0.2, 0) is 4.79 Å². The third-order valence-corrected chi connectivity index (χ3v) is 5.72. The van der Waals surface area contributed by atoms with Gasteiger partial charge in [0.15, 0.2) is 11.0 Å². The summed E-state index contributed by atoms with van der Waals surface area (Å²) < 4.78 is 12.5. The van der Waals surface area contributed by atoms with Crippen LogP contribution < -0.4 is 10.2 Å². The van der Waals surface area contributed by atoms with Crippen molar-refractivity contribution < 1.29 is 13.9 Å². The molecule has 0 unspecified atom stereocenters. The number of carbonyl (C=O) groups excluding carboxylic acids is 1. The topological polar surface area (TPSA) is 94.5 Å². The predicted molar refractivity (Wildman–Crippen MR) is 128 cm³/mol. The van der Waals surface area contributed by atoms with Gasteiger partial charge in [0.2, 0.25) is 0 Å².